The van der Waals surface area contributed by atoms with Gasteiger partial charge in [0.25, 0.3) is 0 Å². The highest BCUT2D eigenvalue weighted by atomic mass is 16.7. The molecule has 0 spiro atoms. The van der Waals surface area contributed by atoms with Crippen molar-refractivity contribution < 1.29 is 38.1 Å². The summed E-state index contributed by atoms with van der Waals surface area (Å²) in [6.45, 7) is 5.77. The number of rotatable bonds is 7. The Kier molecular flexibility index (Phi) is 7.95. The minimum absolute atomic E-state index is 0.0581. The van der Waals surface area contributed by atoms with E-state index in [0.29, 0.717) is 0 Å². The van der Waals surface area contributed by atoms with E-state index in [1.54, 1.807) is 6.92 Å². The first-order valence-electron chi connectivity index (χ1n) is 9.06. The van der Waals surface area contributed by atoms with Crippen molar-refractivity contribution in [3.63, 3.8) is 0 Å². The number of ether oxygens (including phenoxy) is 5. The summed E-state index contributed by atoms with van der Waals surface area (Å²) >= 11 is 0. The molecule has 2 rings (SSSR count). The molecule has 1 aliphatic heterocycles. The standard InChI is InChI=1S/C20H26O8/c1-12-17(11-24-13(2)21)28-20(27-15(4)23)19(18(12)26-14(3)22)25-10-16-8-6-5-7-9-16/h5-9,12,17-20H,10-11H2,1-4H3/t12-,17+,18+,19+,20?/m1/s1. The van der Waals surface area contributed by atoms with Crippen LogP contribution in [0.25, 0.3) is 0 Å². The predicted molar refractivity (Wildman–Crippen MR) is 96.8 cm³/mol. The van der Waals surface area contributed by atoms with Crippen LogP contribution in [0.15, 0.2) is 30.3 Å². The summed E-state index contributed by atoms with van der Waals surface area (Å²) in [6, 6.07) is 9.41. The average Bonchev–Trinajstić information content (AvgIpc) is 2.62. The van der Waals surface area contributed by atoms with Crippen molar-refractivity contribution in [2.45, 2.75) is 58.9 Å². The van der Waals surface area contributed by atoms with Crippen LogP contribution in [-0.2, 0) is 44.7 Å². The molecule has 1 heterocycles. The first-order valence-corrected chi connectivity index (χ1v) is 9.06. The Morgan fingerprint density at radius 1 is 0.929 bits per heavy atom. The van der Waals surface area contributed by atoms with Gasteiger partial charge in [0.2, 0.25) is 6.29 Å². The molecule has 5 atom stereocenters. The van der Waals surface area contributed by atoms with E-state index in [4.69, 9.17) is 23.7 Å². The van der Waals surface area contributed by atoms with E-state index >= 15 is 0 Å². The highest BCUT2D eigenvalue weighted by Gasteiger charge is 2.48. The van der Waals surface area contributed by atoms with E-state index in [-0.39, 0.29) is 19.1 Å². The highest BCUT2D eigenvalue weighted by molar-refractivity contribution is 5.67. The summed E-state index contributed by atoms with van der Waals surface area (Å²) in [5.41, 5.74) is 0.903. The number of carbonyl (C=O) groups is 3. The third-order valence-corrected chi connectivity index (χ3v) is 4.33. The first-order chi connectivity index (χ1) is 13.3. The van der Waals surface area contributed by atoms with Gasteiger partial charge < -0.3 is 23.7 Å². The average molecular weight is 394 g/mol. The van der Waals surface area contributed by atoms with Gasteiger partial charge in [-0.05, 0) is 5.56 Å². The molecule has 0 saturated carbocycles. The summed E-state index contributed by atoms with van der Waals surface area (Å²) in [6.07, 6.45) is -3.33. The van der Waals surface area contributed by atoms with Gasteiger partial charge in [-0.2, -0.15) is 0 Å². The SMILES string of the molecule is CC(=O)OC[C@@H]1OC(OC(C)=O)[C@@H](OCc2ccccc2)[C@@H](OC(C)=O)[C@@H]1C. The second-order valence-electron chi connectivity index (χ2n) is 6.65. The fourth-order valence-corrected chi connectivity index (χ4v) is 2.99. The molecule has 28 heavy (non-hydrogen) atoms. The maximum Gasteiger partial charge on any atom is 0.305 e. The molecule has 0 aliphatic carbocycles. The van der Waals surface area contributed by atoms with Gasteiger partial charge in [-0.1, -0.05) is 37.3 Å². The smallest absolute Gasteiger partial charge is 0.305 e. The second-order valence-corrected chi connectivity index (χ2v) is 6.65. The van der Waals surface area contributed by atoms with Crippen LogP contribution in [0.1, 0.15) is 33.3 Å². The van der Waals surface area contributed by atoms with Crippen molar-refractivity contribution >= 4 is 17.9 Å². The van der Waals surface area contributed by atoms with Gasteiger partial charge in [-0.25, -0.2) is 0 Å². The van der Waals surface area contributed by atoms with Crippen molar-refractivity contribution in [2.24, 2.45) is 5.92 Å². The molecule has 0 amide bonds. The number of benzene rings is 1. The number of esters is 3. The molecule has 154 valence electrons. The molecule has 0 aromatic heterocycles. The van der Waals surface area contributed by atoms with Gasteiger partial charge in [-0.15, -0.1) is 0 Å². The summed E-state index contributed by atoms with van der Waals surface area (Å²) in [7, 11) is 0. The van der Waals surface area contributed by atoms with Gasteiger partial charge in [0.1, 0.15) is 18.8 Å². The maximum absolute atomic E-state index is 11.7. The molecule has 1 saturated heterocycles. The minimum Gasteiger partial charge on any atom is -0.463 e. The van der Waals surface area contributed by atoms with Crippen LogP contribution in [-0.4, -0.2) is 49.1 Å². The number of carbonyl (C=O) groups excluding carboxylic acids is 3. The van der Waals surface area contributed by atoms with Crippen LogP contribution >= 0.6 is 0 Å². The third-order valence-electron chi connectivity index (χ3n) is 4.33. The monoisotopic (exact) mass is 394 g/mol. The lowest BCUT2D eigenvalue weighted by molar-refractivity contribution is -0.293. The van der Waals surface area contributed by atoms with E-state index in [2.05, 4.69) is 0 Å². The topological polar surface area (TPSA) is 97.4 Å². The molecule has 0 bridgehead atoms. The molecule has 8 heteroatoms. The zero-order valence-corrected chi connectivity index (χ0v) is 16.5. The summed E-state index contributed by atoms with van der Waals surface area (Å²) in [4.78, 5) is 34.4. The Morgan fingerprint density at radius 2 is 1.57 bits per heavy atom. The van der Waals surface area contributed by atoms with E-state index in [0.717, 1.165) is 5.56 Å². The Bertz CT molecular complexity index is 674. The van der Waals surface area contributed by atoms with E-state index in [9.17, 15) is 14.4 Å². The van der Waals surface area contributed by atoms with Crippen molar-refractivity contribution in [2.75, 3.05) is 6.61 Å². The molecule has 1 aromatic rings. The molecular formula is C20H26O8. The Morgan fingerprint density at radius 3 is 2.14 bits per heavy atom. The molecule has 1 fully saturated rings. The summed E-state index contributed by atoms with van der Waals surface area (Å²) in [5.74, 6) is -1.90. The molecule has 0 N–H and O–H groups in total. The highest BCUT2D eigenvalue weighted by Crippen LogP contribution is 2.32. The van der Waals surface area contributed by atoms with Crippen LogP contribution in [0.2, 0.25) is 0 Å². The van der Waals surface area contributed by atoms with Crippen LogP contribution in [0, 0.1) is 5.92 Å². The van der Waals surface area contributed by atoms with Crippen molar-refractivity contribution in [1.29, 1.82) is 0 Å². The van der Waals surface area contributed by atoms with E-state index in [1.807, 2.05) is 30.3 Å². The molecule has 1 aliphatic rings. The lowest BCUT2D eigenvalue weighted by atomic mass is 9.90. The van der Waals surface area contributed by atoms with Crippen LogP contribution in [0.3, 0.4) is 0 Å². The fourth-order valence-electron chi connectivity index (χ4n) is 2.99. The predicted octanol–water partition coefficient (Wildman–Crippen LogP) is 1.99. The van der Waals surface area contributed by atoms with Gasteiger partial charge >= 0.3 is 17.9 Å². The summed E-state index contributed by atoms with van der Waals surface area (Å²) in [5, 5.41) is 0. The van der Waals surface area contributed by atoms with Crippen molar-refractivity contribution in [3.05, 3.63) is 35.9 Å². The molecule has 8 nitrogen and oxygen atoms in total. The van der Waals surface area contributed by atoms with Crippen LogP contribution in [0.5, 0.6) is 0 Å². The quantitative estimate of drug-likeness (QED) is 0.512. The lowest BCUT2D eigenvalue weighted by Gasteiger charge is -2.43. The van der Waals surface area contributed by atoms with E-state index in [1.165, 1.54) is 20.8 Å². The zero-order valence-electron chi connectivity index (χ0n) is 16.5. The largest absolute Gasteiger partial charge is 0.463 e. The molecule has 1 unspecified atom stereocenters. The van der Waals surface area contributed by atoms with Gasteiger partial charge in [0, 0.05) is 26.7 Å². The summed E-state index contributed by atoms with van der Waals surface area (Å²) < 4.78 is 27.6. The van der Waals surface area contributed by atoms with Crippen LogP contribution < -0.4 is 0 Å². The zero-order chi connectivity index (χ0) is 20.7. The normalized spacial score (nSPS) is 26.9. The molecule has 0 radical (unpaired) electrons. The number of hydrogen-bond acceptors (Lipinski definition) is 8. The van der Waals surface area contributed by atoms with E-state index < -0.39 is 42.5 Å². The van der Waals surface area contributed by atoms with Gasteiger partial charge in [-0.3, -0.25) is 14.4 Å². The van der Waals surface area contributed by atoms with Crippen molar-refractivity contribution in [3.8, 4) is 0 Å². The Labute approximate surface area is 164 Å². The minimum atomic E-state index is -1.11. The molecule has 1 aromatic carbocycles. The number of hydrogen-bond donors (Lipinski definition) is 0. The maximum atomic E-state index is 11.7. The van der Waals surface area contributed by atoms with Gasteiger partial charge in [0.05, 0.1) is 6.61 Å². The van der Waals surface area contributed by atoms with Gasteiger partial charge in [0.15, 0.2) is 6.10 Å². The first kappa shape index (κ1) is 21.8. The Hall–Kier alpha value is -2.45. The fraction of sp³-hybridized carbons (Fsp3) is 0.550. The second kappa shape index (κ2) is 10.2. The van der Waals surface area contributed by atoms with Crippen LogP contribution in [0.4, 0.5) is 0 Å². The molecular weight excluding hydrogens is 368 g/mol. The Balaban J connectivity index is 2.22. The van der Waals surface area contributed by atoms with Crippen molar-refractivity contribution in [1.82, 2.24) is 0 Å². The third kappa shape index (κ3) is 6.31. The lowest BCUT2D eigenvalue weighted by Crippen LogP contribution is -2.58.